The number of unbranched alkanes of at least 4 members (excludes halogenated alkanes) is 10. The van der Waals surface area contributed by atoms with Gasteiger partial charge in [-0.3, -0.25) is 0 Å². The predicted octanol–water partition coefficient (Wildman–Crippen LogP) is 9.25. The highest BCUT2D eigenvalue weighted by Gasteiger charge is 2.25. The van der Waals surface area contributed by atoms with Gasteiger partial charge in [0.2, 0.25) is 0 Å². The molecule has 0 saturated heterocycles. The Bertz CT molecular complexity index is 1110. The highest BCUT2D eigenvalue weighted by Crippen LogP contribution is 2.29. The summed E-state index contributed by atoms with van der Waals surface area (Å²) in [6, 6.07) is 17.3. The monoisotopic (exact) mass is 502 g/mol. The van der Waals surface area contributed by atoms with Gasteiger partial charge in [0.15, 0.2) is 6.10 Å². The van der Waals surface area contributed by atoms with E-state index >= 15 is 0 Å². The van der Waals surface area contributed by atoms with Crippen LogP contribution in [0.4, 0.5) is 0 Å². The van der Waals surface area contributed by atoms with Crippen LogP contribution in [-0.2, 0) is 9.53 Å². The lowest BCUT2D eigenvalue weighted by atomic mass is 9.97. The standard InChI is InChI=1S/C33H42O4/c1-2-3-4-5-6-7-8-9-10-11-12-13-14-15-24-30(32(34)35)37-33(36)31-28-22-18-16-20-26(28)25-27-21-17-19-23-29(27)31/h9-10,16-23,25,30H,2-8,11-15,24H2,1H3,(H,34,35). The molecule has 37 heavy (non-hydrogen) atoms. The van der Waals surface area contributed by atoms with Crippen LogP contribution < -0.4 is 0 Å². The van der Waals surface area contributed by atoms with E-state index in [9.17, 15) is 14.7 Å². The molecule has 198 valence electrons. The number of fused-ring (bicyclic) bond motifs is 2. The third-order valence-electron chi connectivity index (χ3n) is 6.98. The minimum absolute atomic E-state index is 0.331. The number of benzene rings is 3. The molecule has 4 heteroatoms. The molecule has 1 unspecified atom stereocenters. The molecule has 0 aromatic heterocycles. The summed E-state index contributed by atoms with van der Waals surface area (Å²) >= 11 is 0. The molecule has 0 aliphatic rings. The molecule has 0 radical (unpaired) electrons. The van der Waals surface area contributed by atoms with E-state index in [1.54, 1.807) is 0 Å². The van der Waals surface area contributed by atoms with Crippen molar-refractivity contribution in [3.8, 4) is 0 Å². The van der Waals surface area contributed by atoms with E-state index < -0.39 is 18.0 Å². The predicted molar refractivity (Wildman–Crippen MR) is 153 cm³/mol. The van der Waals surface area contributed by atoms with Crippen LogP contribution in [-0.4, -0.2) is 23.1 Å². The van der Waals surface area contributed by atoms with Crippen molar-refractivity contribution in [2.45, 2.75) is 96.5 Å². The van der Waals surface area contributed by atoms with E-state index in [4.69, 9.17) is 4.74 Å². The number of allylic oxidation sites excluding steroid dienone is 2. The number of esters is 1. The van der Waals surface area contributed by atoms with Crippen molar-refractivity contribution < 1.29 is 19.4 Å². The molecule has 0 spiro atoms. The van der Waals surface area contributed by atoms with Gasteiger partial charge >= 0.3 is 11.9 Å². The molecule has 0 fully saturated rings. The molecule has 0 amide bonds. The van der Waals surface area contributed by atoms with Crippen LogP contribution in [0.25, 0.3) is 21.5 Å². The van der Waals surface area contributed by atoms with Gasteiger partial charge in [-0.05, 0) is 66.1 Å². The molecule has 0 saturated carbocycles. The van der Waals surface area contributed by atoms with Gasteiger partial charge in [0.25, 0.3) is 0 Å². The lowest BCUT2D eigenvalue weighted by Gasteiger charge is -2.16. The summed E-state index contributed by atoms with van der Waals surface area (Å²) in [6.45, 7) is 2.25. The van der Waals surface area contributed by atoms with E-state index in [1.807, 2.05) is 54.6 Å². The first-order valence-corrected chi connectivity index (χ1v) is 14.1. The fourth-order valence-electron chi connectivity index (χ4n) is 4.88. The lowest BCUT2D eigenvalue weighted by Crippen LogP contribution is -2.27. The number of hydrogen-bond acceptors (Lipinski definition) is 3. The molecule has 0 aliphatic carbocycles. The maximum Gasteiger partial charge on any atom is 0.345 e. The van der Waals surface area contributed by atoms with Crippen LogP contribution in [0.3, 0.4) is 0 Å². The minimum atomic E-state index is -1.14. The zero-order valence-corrected chi connectivity index (χ0v) is 22.3. The SMILES string of the molecule is CCCCCCCCC=CCCCCCCC(OC(=O)c1c2ccccc2cc2ccccc12)C(=O)O. The number of rotatable bonds is 17. The zero-order valence-electron chi connectivity index (χ0n) is 22.3. The van der Waals surface area contributed by atoms with Crippen LogP contribution in [0.5, 0.6) is 0 Å². The van der Waals surface area contributed by atoms with E-state index in [0.29, 0.717) is 12.0 Å². The molecule has 1 atom stereocenters. The first-order valence-electron chi connectivity index (χ1n) is 14.1. The van der Waals surface area contributed by atoms with Gasteiger partial charge in [-0.1, -0.05) is 113 Å². The smallest absolute Gasteiger partial charge is 0.345 e. The number of carboxylic acid groups (broad SMARTS) is 1. The van der Waals surface area contributed by atoms with Gasteiger partial charge in [-0.15, -0.1) is 0 Å². The number of aliphatic carboxylic acids is 1. The van der Waals surface area contributed by atoms with Crippen molar-refractivity contribution in [3.05, 3.63) is 72.3 Å². The van der Waals surface area contributed by atoms with Crippen molar-refractivity contribution in [1.82, 2.24) is 0 Å². The zero-order chi connectivity index (χ0) is 26.3. The summed E-state index contributed by atoms with van der Waals surface area (Å²) in [4.78, 5) is 25.1. The number of carboxylic acids is 1. The Kier molecular flexibility index (Phi) is 12.2. The van der Waals surface area contributed by atoms with Gasteiger partial charge in [-0.25, -0.2) is 9.59 Å². The number of carbonyl (C=O) groups is 2. The number of ether oxygens (including phenoxy) is 1. The Morgan fingerprint density at radius 3 is 1.84 bits per heavy atom. The molecular weight excluding hydrogens is 460 g/mol. The van der Waals surface area contributed by atoms with Crippen LogP contribution in [0.2, 0.25) is 0 Å². The third kappa shape index (κ3) is 9.03. The molecular formula is C33H42O4. The minimum Gasteiger partial charge on any atom is -0.479 e. The molecule has 4 nitrogen and oxygen atoms in total. The summed E-state index contributed by atoms with van der Waals surface area (Å²) in [5.41, 5.74) is 0.438. The number of carbonyl (C=O) groups excluding carboxylic acids is 1. The van der Waals surface area contributed by atoms with E-state index in [2.05, 4.69) is 19.1 Å². The fraction of sp³-hybridized carbons (Fsp3) is 0.455. The second-order valence-corrected chi connectivity index (χ2v) is 9.95. The highest BCUT2D eigenvalue weighted by molar-refractivity contribution is 6.16. The first kappa shape index (κ1) is 28.4. The van der Waals surface area contributed by atoms with E-state index in [0.717, 1.165) is 53.6 Å². The summed E-state index contributed by atoms with van der Waals surface area (Å²) in [6.07, 6.45) is 17.8. The van der Waals surface area contributed by atoms with Crippen molar-refractivity contribution >= 4 is 33.5 Å². The average Bonchev–Trinajstić information content (AvgIpc) is 2.90. The maximum atomic E-state index is 13.2. The van der Waals surface area contributed by atoms with Crippen LogP contribution in [0.1, 0.15) is 101 Å². The molecule has 3 rings (SSSR count). The van der Waals surface area contributed by atoms with Gasteiger partial charge < -0.3 is 9.84 Å². The maximum absolute atomic E-state index is 13.2. The second kappa shape index (κ2) is 15.9. The summed E-state index contributed by atoms with van der Waals surface area (Å²) in [7, 11) is 0. The van der Waals surface area contributed by atoms with Crippen molar-refractivity contribution in [3.63, 3.8) is 0 Å². The second-order valence-electron chi connectivity index (χ2n) is 9.95. The average molecular weight is 503 g/mol. The topological polar surface area (TPSA) is 63.6 Å². The van der Waals surface area contributed by atoms with E-state index in [-0.39, 0.29) is 0 Å². The number of hydrogen-bond donors (Lipinski definition) is 1. The normalized spacial score (nSPS) is 12.4. The van der Waals surface area contributed by atoms with Crippen molar-refractivity contribution in [2.24, 2.45) is 0 Å². The molecule has 0 bridgehead atoms. The van der Waals surface area contributed by atoms with Gasteiger partial charge in [-0.2, -0.15) is 0 Å². The van der Waals surface area contributed by atoms with Crippen molar-refractivity contribution in [1.29, 1.82) is 0 Å². The van der Waals surface area contributed by atoms with Crippen LogP contribution >= 0.6 is 0 Å². The third-order valence-corrected chi connectivity index (χ3v) is 6.98. The van der Waals surface area contributed by atoms with Gasteiger partial charge in [0.1, 0.15) is 0 Å². The van der Waals surface area contributed by atoms with E-state index in [1.165, 1.54) is 44.9 Å². The van der Waals surface area contributed by atoms with Crippen molar-refractivity contribution in [2.75, 3.05) is 0 Å². The highest BCUT2D eigenvalue weighted by atomic mass is 16.6. The van der Waals surface area contributed by atoms with Gasteiger partial charge in [0.05, 0.1) is 5.56 Å². The van der Waals surface area contributed by atoms with Gasteiger partial charge in [0, 0.05) is 0 Å². The molecule has 3 aromatic carbocycles. The summed E-state index contributed by atoms with van der Waals surface area (Å²) in [5.74, 6) is -1.66. The molecule has 0 aliphatic heterocycles. The summed E-state index contributed by atoms with van der Waals surface area (Å²) < 4.78 is 5.58. The Hall–Kier alpha value is -3.14. The Morgan fingerprint density at radius 2 is 1.27 bits per heavy atom. The Morgan fingerprint density at radius 1 is 0.757 bits per heavy atom. The quantitative estimate of drug-likeness (QED) is 0.0864. The first-order chi connectivity index (χ1) is 18.1. The molecule has 0 heterocycles. The molecule has 1 N–H and O–H groups in total. The Labute approximate surface area is 221 Å². The fourth-order valence-corrected chi connectivity index (χ4v) is 4.88. The molecule has 3 aromatic rings. The van der Waals surface area contributed by atoms with Crippen LogP contribution in [0.15, 0.2) is 66.7 Å². The van der Waals surface area contributed by atoms with Crippen LogP contribution in [0, 0.1) is 0 Å². The largest absolute Gasteiger partial charge is 0.479 e. The lowest BCUT2D eigenvalue weighted by molar-refractivity contribution is -0.147. The Balaban J connectivity index is 1.43. The summed E-state index contributed by atoms with van der Waals surface area (Å²) in [5, 5.41) is 13.1.